The molecular formula is C16H14N2O4. The summed E-state index contributed by atoms with van der Waals surface area (Å²) in [5.74, 6) is -0.591. The number of ether oxygens (including phenoxy) is 1. The molecule has 6 heteroatoms. The molecule has 2 rings (SSSR count). The number of benzene rings is 1. The number of carbonyl (C=O) groups is 1. The van der Waals surface area contributed by atoms with Gasteiger partial charge in [-0.3, -0.25) is 4.79 Å². The van der Waals surface area contributed by atoms with Gasteiger partial charge in [0.05, 0.1) is 17.9 Å². The van der Waals surface area contributed by atoms with Crippen molar-refractivity contribution in [3.05, 3.63) is 51.8 Å². The molecule has 1 aromatic heterocycles. The smallest absolute Gasteiger partial charge is 0.335 e. The van der Waals surface area contributed by atoms with Crippen LogP contribution in [0.4, 0.5) is 0 Å². The molecule has 0 radical (unpaired) electrons. The highest BCUT2D eigenvalue weighted by Gasteiger charge is 2.13. The SMILES string of the molecule is CCCOc1ccc(C(=O)O)cc1-c1ccc(C#N)c(=O)[nH]1. The van der Waals surface area contributed by atoms with Crippen LogP contribution in [0, 0.1) is 11.3 Å². The molecule has 0 amide bonds. The molecule has 0 saturated carbocycles. The number of nitrogens with one attached hydrogen (secondary N) is 1. The number of aromatic nitrogens is 1. The average Bonchev–Trinajstić information content (AvgIpc) is 2.52. The molecule has 0 fully saturated rings. The van der Waals surface area contributed by atoms with E-state index in [0.717, 1.165) is 6.42 Å². The van der Waals surface area contributed by atoms with Gasteiger partial charge in [0.25, 0.3) is 5.56 Å². The molecule has 1 aromatic carbocycles. The van der Waals surface area contributed by atoms with Crippen molar-refractivity contribution in [2.24, 2.45) is 0 Å². The van der Waals surface area contributed by atoms with E-state index in [4.69, 9.17) is 15.1 Å². The minimum absolute atomic E-state index is 0.00540. The maximum absolute atomic E-state index is 11.8. The summed E-state index contributed by atoms with van der Waals surface area (Å²) in [4.78, 5) is 25.4. The normalized spacial score (nSPS) is 10.0. The van der Waals surface area contributed by atoms with Crippen LogP contribution in [0.3, 0.4) is 0 Å². The standard InChI is InChI=1S/C16H14N2O4/c1-2-7-22-14-6-4-10(16(20)21)8-12(14)13-5-3-11(9-17)15(19)18-13/h3-6,8H,2,7H2,1H3,(H,18,19)(H,20,21). The van der Waals surface area contributed by atoms with Gasteiger partial charge < -0.3 is 14.8 Å². The molecule has 0 aliphatic heterocycles. The fourth-order valence-electron chi connectivity index (χ4n) is 1.93. The number of pyridine rings is 1. The van der Waals surface area contributed by atoms with Gasteiger partial charge in [0.2, 0.25) is 0 Å². The summed E-state index contributed by atoms with van der Waals surface area (Å²) >= 11 is 0. The second kappa shape index (κ2) is 6.59. The van der Waals surface area contributed by atoms with Crippen LogP contribution in [-0.2, 0) is 0 Å². The van der Waals surface area contributed by atoms with Crippen molar-refractivity contribution in [1.29, 1.82) is 5.26 Å². The van der Waals surface area contributed by atoms with Crippen LogP contribution >= 0.6 is 0 Å². The van der Waals surface area contributed by atoms with Crippen molar-refractivity contribution in [2.75, 3.05) is 6.61 Å². The Balaban J connectivity index is 2.57. The van der Waals surface area contributed by atoms with Crippen LogP contribution < -0.4 is 10.3 Å². The van der Waals surface area contributed by atoms with Crippen molar-refractivity contribution < 1.29 is 14.6 Å². The summed E-state index contributed by atoms with van der Waals surface area (Å²) in [6, 6.07) is 9.17. The highest BCUT2D eigenvalue weighted by atomic mass is 16.5. The van der Waals surface area contributed by atoms with Crippen LogP contribution in [-0.4, -0.2) is 22.7 Å². The number of carboxylic acids is 1. The molecule has 1 heterocycles. The lowest BCUT2D eigenvalue weighted by Gasteiger charge is -2.12. The van der Waals surface area contributed by atoms with E-state index in [2.05, 4.69) is 4.98 Å². The molecule has 22 heavy (non-hydrogen) atoms. The molecule has 0 aliphatic rings. The summed E-state index contributed by atoms with van der Waals surface area (Å²) < 4.78 is 5.59. The second-order valence-electron chi connectivity index (χ2n) is 4.59. The number of nitriles is 1. The Morgan fingerprint density at radius 1 is 1.36 bits per heavy atom. The number of H-pyrrole nitrogens is 1. The first kappa shape index (κ1) is 15.3. The highest BCUT2D eigenvalue weighted by molar-refractivity contribution is 5.90. The van der Waals surface area contributed by atoms with Crippen LogP contribution in [0.1, 0.15) is 29.3 Å². The quantitative estimate of drug-likeness (QED) is 0.882. The molecule has 6 nitrogen and oxygen atoms in total. The van der Waals surface area contributed by atoms with Crippen LogP contribution in [0.15, 0.2) is 35.1 Å². The predicted octanol–water partition coefficient (Wildman–Crippen LogP) is 2.40. The van der Waals surface area contributed by atoms with E-state index in [1.165, 1.54) is 18.2 Å². The molecule has 0 atom stereocenters. The minimum atomic E-state index is -1.07. The number of aromatic amines is 1. The van der Waals surface area contributed by atoms with Gasteiger partial charge in [0, 0.05) is 5.56 Å². The second-order valence-corrected chi connectivity index (χ2v) is 4.59. The van der Waals surface area contributed by atoms with Gasteiger partial charge in [-0.25, -0.2) is 4.79 Å². The van der Waals surface area contributed by atoms with E-state index in [0.29, 0.717) is 23.6 Å². The van der Waals surface area contributed by atoms with E-state index in [1.54, 1.807) is 18.2 Å². The van der Waals surface area contributed by atoms with Crippen molar-refractivity contribution in [3.63, 3.8) is 0 Å². The fourth-order valence-corrected chi connectivity index (χ4v) is 1.93. The largest absolute Gasteiger partial charge is 0.493 e. The summed E-state index contributed by atoms with van der Waals surface area (Å²) in [7, 11) is 0. The van der Waals surface area contributed by atoms with Gasteiger partial charge in [-0.1, -0.05) is 6.92 Å². The van der Waals surface area contributed by atoms with E-state index < -0.39 is 11.5 Å². The number of hydrogen-bond acceptors (Lipinski definition) is 4. The number of rotatable bonds is 5. The van der Waals surface area contributed by atoms with Crippen molar-refractivity contribution >= 4 is 5.97 Å². The molecule has 112 valence electrons. The lowest BCUT2D eigenvalue weighted by atomic mass is 10.1. The zero-order chi connectivity index (χ0) is 16.1. The first-order chi connectivity index (χ1) is 10.6. The average molecular weight is 298 g/mol. The number of carboxylic acid groups (broad SMARTS) is 1. The molecule has 2 N–H and O–H groups in total. The van der Waals surface area contributed by atoms with Gasteiger partial charge in [-0.15, -0.1) is 0 Å². The first-order valence-electron chi connectivity index (χ1n) is 6.70. The van der Waals surface area contributed by atoms with Crippen molar-refractivity contribution in [3.8, 4) is 23.1 Å². The van der Waals surface area contributed by atoms with Gasteiger partial charge in [-0.05, 0) is 36.8 Å². The van der Waals surface area contributed by atoms with Gasteiger partial charge in [0.15, 0.2) is 0 Å². The highest BCUT2D eigenvalue weighted by Crippen LogP contribution is 2.29. The molecule has 0 aliphatic carbocycles. The number of hydrogen-bond donors (Lipinski definition) is 2. The van der Waals surface area contributed by atoms with Crippen molar-refractivity contribution in [1.82, 2.24) is 4.98 Å². The van der Waals surface area contributed by atoms with Gasteiger partial charge >= 0.3 is 5.97 Å². The Kier molecular flexibility index (Phi) is 4.59. The monoisotopic (exact) mass is 298 g/mol. The summed E-state index contributed by atoms with van der Waals surface area (Å²) in [5, 5.41) is 17.9. The van der Waals surface area contributed by atoms with E-state index in [1.807, 2.05) is 6.92 Å². The maximum atomic E-state index is 11.8. The van der Waals surface area contributed by atoms with Gasteiger partial charge in [0.1, 0.15) is 17.4 Å². The van der Waals surface area contributed by atoms with Crippen LogP contribution in [0.2, 0.25) is 0 Å². The maximum Gasteiger partial charge on any atom is 0.335 e. The van der Waals surface area contributed by atoms with Crippen molar-refractivity contribution in [2.45, 2.75) is 13.3 Å². The third kappa shape index (κ3) is 3.15. The Hall–Kier alpha value is -3.07. The summed E-state index contributed by atoms with van der Waals surface area (Å²) in [5.41, 5.74) is 0.425. The summed E-state index contributed by atoms with van der Waals surface area (Å²) in [6.07, 6.45) is 0.796. The zero-order valence-electron chi connectivity index (χ0n) is 11.9. The molecule has 2 aromatic rings. The Morgan fingerprint density at radius 2 is 2.14 bits per heavy atom. The van der Waals surface area contributed by atoms with E-state index in [-0.39, 0.29) is 11.1 Å². The number of aromatic carboxylic acids is 1. The molecule has 0 saturated heterocycles. The van der Waals surface area contributed by atoms with Crippen LogP contribution in [0.5, 0.6) is 5.75 Å². The lowest BCUT2D eigenvalue weighted by Crippen LogP contribution is -2.11. The minimum Gasteiger partial charge on any atom is -0.493 e. The van der Waals surface area contributed by atoms with Crippen LogP contribution in [0.25, 0.3) is 11.3 Å². The first-order valence-corrected chi connectivity index (χ1v) is 6.70. The topological polar surface area (TPSA) is 103 Å². The third-order valence-corrected chi connectivity index (χ3v) is 3.01. The molecule has 0 unspecified atom stereocenters. The van der Waals surface area contributed by atoms with Gasteiger partial charge in [-0.2, -0.15) is 5.26 Å². The van der Waals surface area contributed by atoms with E-state index >= 15 is 0 Å². The lowest BCUT2D eigenvalue weighted by molar-refractivity contribution is 0.0697. The fraction of sp³-hybridized carbons (Fsp3) is 0.188. The third-order valence-electron chi connectivity index (χ3n) is 3.01. The Labute approximate surface area is 126 Å². The molecule has 0 spiro atoms. The Morgan fingerprint density at radius 3 is 2.73 bits per heavy atom. The van der Waals surface area contributed by atoms with E-state index in [9.17, 15) is 9.59 Å². The summed E-state index contributed by atoms with van der Waals surface area (Å²) in [6.45, 7) is 2.43. The predicted molar refractivity (Wildman–Crippen MR) is 80.0 cm³/mol. The molecular weight excluding hydrogens is 284 g/mol. The number of nitrogens with zero attached hydrogens (tertiary/aromatic N) is 1. The molecule has 0 bridgehead atoms. The zero-order valence-corrected chi connectivity index (χ0v) is 11.9. The Bertz CT molecular complexity index is 803.